The lowest BCUT2D eigenvalue weighted by atomic mass is 10.1. The first-order chi connectivity index (χ1) is 11.7. The number of nitrogens with zero attached hydrogens (tertiary/aromatic N) is 3. The number of anilines is 1. The molecule has 3 aromatic rings. The van der Waals surface area contributed by atoms with Gasteiger partial charge in [-0.15, -0.1) is 0 Å². The van der Waals surface area contributed by atoms with Crippen molar-refractivity contribution >= 4 is 27.3 Å². The molecule has 0 bridgehead atoms. The number of pyridine rings is 1. The van der Waals surface area contributed by atoms with Crippen molar-refractivity contribution in [3.63, 3.8) is 0 Å². The van der Waals surface area contributed by atoms with E-state index in [4.69, 9.17) is 11.6 Å². The lowest BCUT2D eigenvalue weighted by Gasteiger charge is -2.08. The van der Waals surface area contributed by atoms with Crippen LogP contribution in [0, 0.1) is 20.8 Å². The zero-order valence-electron chi connectivity index (χ0n) is 14.0. The first-order valence-electron chi connectivity index (χ1n) is 7.53. The number of nitrogens with one attached hydrogen (secondary N) is 1. The summed E-state index contributed by atoms with van der Waals surface area (Å²) in [5.41, 5.74) is 3.37. The van der Waals surface area contributed by atoms with Gasteiger partial charge in [0.25, 0.3) is 10.0 Å². The van der Waals surface area contributed by atoms with Crippen molar-refractivity contribution in [2.24, 2.45) is 0 Å². The Bertz CT molecular complexity index is 1020. The van der Waals surface area contributed by atoms with E-state index < -0.39 is 10.0 Å². The first-order valence-corrected chi connectivity index (χ1v) is 9.39. The van der Waals surface area contributed by atoms with Crippen molar-refractivity contribution in [3.05, 3.63) is 64.6 Å². The van der Waals surface area contributed by atoms with Gasteiger partial charge in [0.1, 0.15) is 4.90 Å². The van der Waals surface area contributed by atoms with Gasteiger partial charge < -0.3 is 0 Å². The molecule has 1 aromatic carbocycles. The Morgan fingerprint density at radius 1 is 1.00 bits per heavy atom. The van der Waals surface area contributed by atoms with Gasteiger partial charge in [-0.1, -0.05) is 17.7 Å². The summed E-state index contributed by atoms with van der Waals surface area (Å²) >= 11 is 6.16. The van der Waals surface area contributed by atoms with Crippen molar-refractivity contribution in [1.82, 2.24) is 14.8 Å². The van der Waals surface area contributed by atoms with Crippen LogP contribution in [0.1, 0.15) is 16.7 Å². The Morgan fingerprint density at radius 3 is 2.32 bits per heavy atom. The fourth-order valence-electron chi connectivity index (χ4n) is 2.50. The van der Waals surface area contributed by atoms with Gasteiger partial charge in [-0.05, 0) is 55.7 Å². The smallest absolute Gasteiger partial charge is 0.265 e. The second kappa shape index (κ2) is 6.50. The first kappa shape index (κ1) is 17.4. The second-order valence-electron chi connectivity index (χ2n) is 5.92. The van der Waals surface area contributed by atoms with Gasteiger partial charge in [-0.2, -0.15) is 5.10 Å². The quantitative estimate of drug-likeness (QED) is 0.754. The van der Waals surface area contributed by atoms with Crippen LogP contribution in [-0.4, -0.2) is 23.2 Å². The van der Waals surface area contributed by atoms with Gasteiger partial charge in [0.15, 0.2) is 5.82 Å². The number of hydrogen-bond acceptors (Lipinski definition) is 4. The molecular weight excluding hydrogens is 360 g/mol. The Hall–Kier alpha value is -2.38. The highest BCUT2D eigenvalue weighted by Crippen LogP contribution is 2.22. The van der Waals surface area contributed by atoms with Crippen LogP contribution in [-0.2, 0) is 10.0 Å². The molecule has 8 heteroatoms. The van der Waals surface area contributed by atoms with E-state index in [9.17, 15) is 8.42 Å². The van der Waals surface area contributed by atoms with Crippen LogP contribution in [0.15, 0.2) is 47.8 Å². The molecule has 0 saturated heterocycles. The molecule has 0 atom stereocenters. The van der Waals surface area contributed by atoms with Crippen LogP contribution in [0.4, 0.5) is 5.69 Å². The molecule has 0 aliphatic carbocycles. The minimum absolute atomic E-state index is 0.0325. The van der Waals surface area contributed by atoms with Gasteiger partial charge in [0.05, 0.1) is 17.4 Å². The third-order valence-corrected chi connectivity index (χ3v) is 5.13. The number of aromatic nitrogens is 3. The predicted octanol–water partition coefficient (Wildman–Crippen LogP) is 3.65. The fourth-order valence-corrected chi connectivity index (χ4v) is 3.78. The van der Waals surface area contributed by atoms with Crippen LogP contribution in [0.2, 0.25) is 5.02 Å². The zero-order valence-corrected chi connectivity index (χ0v) is 15.6. The van der Waals surface area contributed by atoms with Crippen LogP contribution < -0.4 is 4.72 Å². The van der Waals surface area contributed by atoms with Crippen LogP contribution >= 0.6 is 11.6 Å². The third-order valence-electron chi connectivity index (χ3n) is 3.52. The van der Waals surface area contributed by atoms with Crippen molar-refractivity contribution < 1.29 is 8.42 Å². The summed E-state index contributed by atoms with van der Waals surface area (Å²) in [6, 6.07) is 7.26. The number of halogens is 1. The summed E-state index contributed by atoms with van der Waals surface area (Å²) < 4.78 is 29.1. The van der Waals surface area contributed by atoms with Crippen LogP contribution in [0.3, 0.4) is 0 Å². The molecule has 3 rings (SSSR count). The molecule has 0 saturated carbocycles. The standard InChI is InChI=1S/C17H17ClN4O2S/c1-11-4-12(2)6-14(5-11)21-25(23,24)15-9-20-22(10-15)17-16(18)7-13(3)8-19-17/h4-10,21H,1-3H3. The Balaban J connectivity index is 1.92. The maximum atomic E-state index is 12.6. The summed E-state index contributed by atoms with van der Waals surface area (Å²) in [6.45, 7) is 5.69. The van der Waals surface area contributed by atoms with Crippen molar-refractivity contribution in [2.75, 3.05) is 4.72 Å². The summed E-state index contributed by atoms with van der Waals surface area (Å²) in [7, 11) is -3.76. The molecule has 1 N–H and O–H groups in total. The van der Waals surface area contributed by atoms with Gasteiger partial charge in [-0.25, -0.2) is 18.1 Å². The molecule has 0 amide bonds. The lowest BCUT2D eigenvalue weighted by molar-refractivity contribution is 0.601. The third kappa shape index (κ3) is 3.83. The van der Waals surface area contributed by atoms with Crippen molar-refractivity contribution in [2.45, 2.75) is 25.7 Å². The van der Waals surface area contributed by atoms with E-state index >= 15 is 0 Å². The molecule has 2 aromatic heterocycles. The highest BCUT2D eigenvalue weighted by atomic mass is 35.5. The number of benzene rings is 1. The summed E-state index contributed by atoms with van der Waals surface area (Å²) in [5.74, 6) is 0.375. The van der Waals surface area contributed by atoms with Crippen LogP contribution in [0.5, 0.6) is 0 Å². The van der Waals surface area contributed by atoms with E-state index in [-0.39, 0.29) is 4.90 Å². The highest BCUT2D eigenvalue weighted by Gasteiger charge is 2.18. The van der Waals surface area contributed by atoms with E-state index in [0.29, 0.717) is 16.5 Å². The van der Waals surface area contributed by atoms with Gasteiger partial charge >= 0.3 is 0 Å². The highest BCUT2D eigenvalue weighted by molar-refractivity contribution is 7.92. The van der Waals surface area contributed by atoms with Crippen LogP contribution in [0.25, 0.3) is 5.82 Å². The fraction of sp³-hybridized carbons (Fsp3) is 0.176. The lowest BCUT2D eigenvalue weighted by Crippen LogP contribution is -2.12. The molecule has 0 spiro atoms. The topological polar surface area (TPSA) is 76.9 Å². The van der Waals surface area contributed by atoms with Gasteiger partial charge in [0, 0.05) is 11.9 Å². The minimum atomic E-state index is -3.76. The largest absolute Gasteiger partial charge is 0.280 e. The second-order valence-corrected chi connectivity index (χ2v) is 8.01. The van der Waals surface area contributed by atoms with Gasteiger partial charge in [0.2, 0.25) is 0 Å². The zero-order chi connectivity index (χ0) is 18.2. The number of aryl methyl sites for hydroxylation is 3. The Kier molecular flexibility index (Phi) is 4.53. The molecule has 25 heavy (non-hydrogen) atoms. The van der Waals surface area contributed by atoms with E-state index in [1.807, 2.05) is 26.8 Å². The maximum Gasteiger partial charge on any atom is 0.265 e. The number of sulfonamides is 1. The molecule has 0 aliphatic heterocycles. The van der Waals surface area contributed by atoms with E-state index in [0.717, 1.165) is 16.7 Å². The molecule has 0 aliphatic rings. The maximum absolute atomic E-state index is 12.6. The molecule has 0 unspecified atom stereocenters. The number of hydrogen-bond donors (Lipinski definition) is 1. The molecule has 6 nitrogen and oxygen atoms in total. The molecule has 0 fully saturated rings. The normalized spacial score (nSPS) is 11.5. The Labute approximate surface area is 151 Å². The summed E-state index contributed by atoms with van der Waals surface area (Å²) in [6.07, 6.45) is 4.29. The molecule has 0 radical (unpaired) electrons. The SMILES string of the molecule is Cc1cc(C)cc(NS(=O)(=O)c2cnn(-c3ncc(C)cc3Cl)c2)c1. The van der Waals surface area contributed by atoms with E-state index in [1.165, 1.54) is 17.1 Å². The summed E-state index contributed by atoms with van der Waals surface area (Å²) in [4.78, 5) is 4.24. The molecule has 2 heterocycles. The predicted molar refractivity (Wildman–Crippen MR) is 97.8 cm³/mol. The van der Waals surface area contributed by atoms with E-state index in [2.05, 4.69) is 14.8 Å². The minimum Gasteiger partial charge on any atom is -0.280 e. The average molecular weight is 377 g/mol. The molecular formula is C17H17ClN4O2S. The average Bonchev–Trinajstić information content (AvgIpc) is 2.96. The van der Waals surface area contributed by atoms with Crippen molar-refractivity contribution in [1.29, 1.82) is 0 Å². The van der Waals surface area contributed by atoms with Gasteiger partial charge in [-0.3, -0.25) is 4.72 Å². The van der Waals surface area contributed by atoms with Crippen molar-refractivity contribution in [3.8, 4) is 5.82 Å². The Morgan fingerprint density at radius 2 is 1.68 bits per heavy atom. The number of rotatable bonds is 4. The summed E-state index contributed by atoms with van der Waals surface area (Å²) in [5, 5.41) is 4.47. The van der Waals surface area contributed by atoms with E-state index in [1.54, 1.807) is 24.4 Å². The monoisotopic (exact) mass is 376 g/mol. The molecule has 130 valence electrons.